The Hall–Kier alpha value is -1.77. The first kappa shape index (κ1) is 11.3. The topological polar surface area (TPSA) is 46.5 Å². The Bertz CT molecular complexity index is 363. The third kappa shape index (κ3) is 3.46. The molecule has 1 aromatic carbocycles. The molecule has 0 unspecified atom stereocenters. The number of carbonyl (C=O) groups is 1. The molecule has 0 aromatic heterocycles. The summed E-state index contributed by atoms with van der Waals surface area (Å²) in [6, 6.07) is 7.31. The molecular formula is C12H14O3. The second kappa shape index (κ2) is 5.20. The Balaban J connectivity index is 2.80. The summed E-state index contributed by atoms with van der Waals surface area (Å²) < 4.78 is 5.28. The van der Waals surface area contributed by atoms with Crippen LogP contribution >= 0.6 is 0 Å². The molecule has 0 amide bonds. The van der Waals surface area contributed by atoms with E-state index in [1.165, 1.54) is 0 Å². The van der Waals surface area contributed by atoms with Crippen molar-refractivity contribution >= 4 is 12.0 Å². The fraction of sp³-hybridized carbons (Fsp3) is 0.250. The van der Waals surface area contributed by atoms with Gasteiger partial charge in [0.2, 0.25) is 0 Å². The van der Waals surface area contributed by atoms with E-state index in [0.717, 1.165) is 11.3 Å². The van der Waals surface area contributed by atoms with Crippen LogP contribution in [0.5, 0.6) is 5.75 Å². The number of hydrogen-bond donors (Lipinski definition) is 1. The van der Waals surface area contributed by atoms with Gasteiger partial charge in [0.05, 0.1) is 6.61 Å². The van der Waals surface area contributed by atoms with Crippen LogP contribution in [-0.4, -0.2) is 17.7 Å². The largest absolute Gasteiger partial charge is 0.494 e. The van der Waals surface area contributed by atoms with Crippen molar-refractivity contribution < 1.29 is 14.6 Å². The molecule has 15 heavy (non-hydrogen) atoms. The first-order valence-electron chi connectivity index (χ1n) is 4.78. The molecule has 0 aliphatic heterocycles. The van der Waals surface area contributed by atoms with Crippen LogP contribution in [0.3, 0.4) is 0 Å². The van der Waals surface area contributed by atoms with E-state index < -0.39 is 5.97 Å². The van der Waals surface area contributed by atoms with E-state index in [1.54, 1.807) is 13.0 Å². The van der Waals surface area contributed by atoms with E-state index in [1.807, 2.05) is 31.2 Å². The zero-order chi connectivity index (χ0) is 11.3. The Labute approximate surface area is 89.0 Å². The molecule has 80 valence electrons. The predicted octanol–water partition coefficient (Wildman–Crippen LogP) is 2.57. The smallest absolute Gasteiger partial charge is 0.331 e. The molecule has 0 saturated carbocycles. The average Bonchev–Trinajstić information content (AvgIpc) is 2.21. The highest BCUT2D eigenvalue weighted by Crippen LogP contribution is 2.14. The summed E-state index contributed by atoms with van der Waals surface area (Å²) in [5.41, 5.74) is 1.18. The third-order valence-electron chi connectivity index (χ3n) is 1.91. The van der Waals surface area contributed by atoms with Crippen LogP contribution in [0.15, 0.2) is 29.8 Å². The number of carboxylic acids is 1. The van der Waals surface area contributed by atoms with Crippen LogP contribution in [0.2, 0.25) is 0 Å². The lowest BCUT2D eigenvalue weighted by atomic mass is 10.1. The van der Waals surface area contributed by atoms with Crippen molar-refractivity contribution in [1.82, 2.24) is 0 Å². The van der Waals surface area contributed by atoms with Gasteiger partial charge in [-0.1, -0.05) is 12.1 Å². The minimum Gasteiger partial charge on any atom is -0.494 e. The van der Waals surface area contributed by atoms with Crippen molar-refractivity contribution in [2.45, 2.75) is 13.8 Å². The van der Waals surface area contributed by atoms with Gasteiger partial charge in [-0.25, -0.2) is 4.79 Å². The van der Waals surface area contributed by atoms with E-state index in [4.69, 9.17) is 9.84 Å². The van der Waals surface area contributed by atoms with Crippen molar-refractivity contribution in [3.8, 4) is 5.75 Å². The maximum absolute atomic E-state index is 10.6. The lowest BCUT2D eigenvalue weighted by molar-refractivity contribution is -0.132. The first-order valence-corrected chi connectivity index (χ1v) is 4.78. The van der Waals surface area contributed by atoms with Crippen molar-refractivity contribution in [3.05, 3.63) is 35.4 Å². The number of carboxylic acid groups (broad SMARTS) is 1. The summed E-state index contributed by atoms with van der Waals surface area (Å²) in [6.45, 7) is 4.12. The van der Waals surface area contributed by atoms with Gasteiger partial charge >= 0.3 is 5.97 Å². The second-order valence-electron chi connectivity index (χ2n) is 3.13. The molecule has 0 spiro atoms. The van der Waals surface area contributed by atoms with Gasteiger partial charge in [0.25, 0.3) is 0 Å². The number of rotatable bonds is 4. The van der Waals surface area contributed by atoms with Crippen LogP contribution in [0.25, 0.3) is 6.08 Å². The molecule has 0 saturated heterocycles. The zero-order valence-electron chi connectivity index (χ0n) is 8.86. The van der Waals surface area contributed by atoms with E-state index >= 15 is 0 Å². The molecule has 0 bridgehead atoms. The minimum absolute atomic E-state index is 0.319. The van der Waals surface area contributed by atoms with Gasteiger partial charge in [-0.15, -0.1) is 0 Å². The lowest BCUT2D eigenvalue weighted by Crippen LogP contribution is -1.95. The summed E-state index contributed by atoms with van der Waals surface area (Å²) in [5.74, 6) is -0.105. The van der Waals surface area contributed by atoms with Crippen molar-refractivity contribution in [1.29, 1.82) is 0 Å². The van der Waals surface area contributed by atoms with E-state index in [9.17, 15) is 4.79 Å². The molecule has 1 rings (SSSR count). The van der Waals surface area contributed by atoms with Gasteiger partial charge in [0, 0.05) is 5.57 Å². The molecular weight excluding hydrogens is 192 g/mol. The standard InChI is InChI=1S/C12H14O3/c1-3-15-11-6-4-10(5-7-11)8-9(2)12(13)14/h4-8H,3H2,1-2H3,(H,13,14). The zero-order valence-corrected chi connectivity index (χ0v) is 8.86. The van der Waals surface area contributed by atoms with E-state index in [0.29, 0.717) is 12.2 Å². The van der Waals surface area contributed by atoms with E-state index in [-0.39, 0.29) is 0 Å². The van der Waals surface area contributed by atoms with Crippen molar-refractivity contribution in [3.63, 3.8) is 0 Å². The summed E-state index contributed by atoms with van der Waals surface area (Å²) in [7, 11) is 0. The SMILES string of the molecule is CCOc1ccc(C=C(C)C(=O)O)cc1. The van der Waals surface area contributed by atoms with Gasteiger partial charge in [-0.05, 0) is 37.6 Å². The fourth-order valence-electron chi connectivity index (χ4n) is 1.14. The average molecular weight is 206 g/mol. The first-order chi connectivity index (χ1) is 7.13. The maximum atomic E-state index is 10.6. The van der Waals surface area contributed by atoms with E-state index in [2.05, 4.69) is 0 Å². The summed E-state index contributed by atoms with van der Waals surface area (Å²) >= 11 is 0. The fourth-order valence-corrected chi connectivity index (χ4v) is 1.14. The van der Waals surface area contributed by atoms with Gasteiger partial charge in [0.1, 0.15) is 5.75 Å². The van der Waals surface area contributed by atoms with Crippen LogP contribution in [0, 0.1) is 0 Å². The minimum atomic E-state index is -0.899. The molecule has 3 nitrogen and oxygen atoms in total. The molecule has 3 heteroatoms. The number of aliphatic carboxylic acids is 1. The molecule has 1 aromatic rings. The highest BCUT2D eigenvalue weighted by atomic mass is 16.5. The Morgan fingerprint density at radius 2 is 2.00 bits per heavy atom. The quantitative estimate of drug-likeness (QED) is 0.770. The molecule has 0 fully saturated rings. The number of hydrogen-bond acceptors (Lipinski definition) is 2. The van der Waals surface area contributed by atoms with Crippen molar-refractivity contribution in [2.75, 3.05) is 6.61 Å². The Morgan fingerprint density at radius 3 is 2.47 bits per heavy atom. The Kier molecular flexibility index (Phi) is 3.92. The normalized spacial score (nSPS) is 11.2. The third-order valence-corrected chi connectivity index (χ3v) is 1.91. The predicted molar refractivity (Wildman–Crippen MR) is 58.9 cm³/mol. The lowest BCUT2D eigenvalue weighted by Gasteiger charge is -2.02. The molecule has 0 aliphatic carbocycles. The monoisotopic (exact) mass is 206 g/mol. The molecule has 1 N–H and O–H groups in total. The van der Waals surface area contributed by atoms with Gasteiger partial charge < -0.3 is 9.84 Å². The van der Waals surface area contributed by atoms with Crippen molar-refractivity contribution in [2.24, 2.45) is 0 Å². The maximum Gasteiger partial charge on any atom is 0.331 e. The summed E-state index contributed by atoms with van der Waals surface area (Å²) in [5, 5.41) is 8.69. The number of ether oxygens (including phenoxy) is 1. The number of benzene rings is 1. The summed E-state index contributed by atoms with van der Waals surface area (Å²) in [4.78, 5) is 10.6. The molecule has 0 radical (unpaired) electrons. The highest BCUT2D eigenvalue weighted by Gasteiger charge is 1.99. The molecule has 0 atom stereocenters. The highest BCUT2D eigenvalue weighted by molar-refractivity contribution is 5.91. The van der Waals surface area contributed by atoms with Gasteiger partial charge in [0.15, 0.2) is 0 Å². The van der Waals surface area contributed by atoms with Crippen LogP contribution in [-0.2, 0) is 4.79 Å². The molecule has 0 heterocycles. The van der Waals surface area contributed by atoms with Crippen LogP contribution in [0.4, 0.5) is 0 Å². The second-order valence-corrected chi connectivity index (χ2v) is 3.13. The Morgan fingerprint density at radius 1 is 1.40 bits per heavy atom. The van der Waals surface area contributed by atoms with Gasteiger partial charge in [-0.2, -0.15) is 0 Å². The van der Waals surface area contributed by atoms with Crippen LogP contribution in [0.1, 0.15) is 19.4 Å². The molecule has 0 aliphatic rings. The van der Waals surface area contributed by atoms with Gasteiger partial charge in [-0.3, -0.25) is 0 Å². The van der Waals surface area contributed by atoms with Crippen LogP contribution < -0.4 is 4.74 Å². The summed E-state index contributed by atoms with van der Waals surface area (Å²) in [6.07, 6.45) is 1.62.